The molecule has 0 amide bonds. The summed E-state index contributed by atoms with van der Waals surface area (Å²) in [5.74, 6) is 1.28. The number of aryl methyl sites for hydroxylation is 1. The van der Waals surface area contributed by atoms with Crippen LogP contribution in [0.5, 0.6) is 0 Å². The number of furan rings is 1. The minimum absolute atomic E-state index is 0.0120. The standard InChI is InChI=1S/C22H13N5O2/c1-12-4-7-18(29-12)20-19(14-5-6-16-13(9-14)3-2-8-24-16)25-17-10-15(11-23)22(28)27-21(17)26-20/h2-10H,1H3,(H,26,27,28). The van der Waals surface area contributed by atoms with Crippen molar-refractivity contribution in [3.05, 3.63) is 76.4 Å². The van der Waals surface area contributed by atoms with Crippen LogP contribution in [0.25, 0.3) is 44.8 Å². The SMILES string of the molecule is Cc1ccc(-c2nc3[nH]c(=O)c(C#N)cc3nc2-c2ccc3ncccc3c2)o1. The highest BCUT2D eigenvalue weighted by Gasteiger charge is 2.17. The van der Waals surface area contributed by atoms with Gasteiger partial charge in [-0.15, -0.1) is 0 Å². The molecule has 7 nitrogen and oxygen atoms in total. The Morgan fingerprint density at radius 1 is 1.03 bits per heavy atom. The first kappa shape index (κ1) is 16.8. The van der Waals surface area contributed by atoms with E-state index in [-0.39, 0.29) is 5.56 Å². The fourth-order valence-electron chi connectivity index (χ4n) is 3.26. The van der Waals surface area contributed by atoms with E-state index < -0.39 is 5.56 Å². The molecular formula is C22H13N5O2. The second-order valence-corrected chi connectivity index (χ2v) is 6.60. The minimum atomic E-state index is -0.500. The lowest BCUT2D eigenvalue weighted by Crippen LogP contribution is -2.11. The number of pyridine rings is 2. The lowest BCUT2D eigenvalue weighted by atomic mass is 10.0. The average Bonchev–Trinajstić information content (AvgIpc) is 3.18. The molecule has 0 saturated heterocycles. The molecule has 0 fully saturated rings. The Balaban J connectivity index is 1.84. The molecule has 5 rings (SSSR count). The van der Waals surface area contributed by atoms with Gasteiger partial charge in [-0.05, 0) is 43.3 Å². The zero-order chi connectivity index (χ0) is 20.0. The number of hydrogen-bond donors (Lipinski definition) is 1. The van der Waals surface area contributed by atoms with Crippen molar-refractivity contribution in [3.8, 4) is 28.8 Å². The molecular weight excluding hydrogens is 366 g/mol. The van der Waals surface area contributed by atoms with Gasteiger partial charge in [0.2, 0.25) is 0 Å². The lowest BCUT2D eigenvalue weighted by molar-refractivity contribution is 0.546. The molecule has 0 spiro atoms. The van der Waals surface area contributed by atoms with Crippen molar-refractivity contribution < 1.29 is 4.42 Å². The fraction of sp³-hybridized carbons (Fsp3) is 0.0455. The number of fused-ring (bicyclic) bond motifs is 2. The fourth-order valence-corrected chi connectivity index (χ4v) is 3.26. The molecule has 0 saturated carbocycles. The number of benzene rings is 1. The predicted molar refractivity (Wildman–Crippen MR) is 108 cm³/mol. The van der Waals surface area contributed by atoms with Gasteiger partial charge in [0.05, 0.1) is 5.52 Å². The van der Waals surface area contributed by atoms with Gasteiger partial charge in [-0.2, -0.15) is 5.26 Å². The van der Waals surface area contributed by atoms with Crippen molar-refractivity contribution in [2.45, 2.75) is 6.92 Å². The first-order valence-corrected chi connectivity index (χ1v) is 8.89. The maximum atomic E-state index is 12.0. The third kappa shape index (κ3) is 2.84. The largest absolute Gasteiger partial charge is 0.460 e. The van der Waals surface area contributed by atoms with E-state index >= 15 is 0 Å². The Kier molecular flexibility index (Phi) is 3.71. The van der Waals surface area contributed by atoms with E-state index in [1.807, 2.05) is 55.5 Å². The highest BCUT2D eigenvalue weighted by molar-refractivity contribution is 5.89. The molecule has 0 aliphatic rings. The summed E-state index contributed by atoms with van der Waals surface area (Å²) in [6.07, 6.45) is 1.74. The van der Waals surface area contributed by atoms with E-state index in [0.717, 1.165) is 22.2 Å². The third-order valence-electron chi connectivity index (χ3n) is 4.65. The Morgan fingerprint density at radius 2 is 1.93 bits per heavy atom. The zero-order valence-corrected chi connectivity index (χ0v) is 15.3. The van der Waals surface area contributed by atoms with Crippen LogP contribution in [-0.2, 0) is 0 Å². The van der Waals surface area contributed by atoms with Crippen LogP contribution in [0, 0.1) is 18.3 Å². The normalized spacial score (nSPS) is 11.0. The highest BCUT2D eigenvalue weighted by atomic mass is 16.3. The van der Waals surface area contributed by atoms with Crippen molar-refractivity contribution in [1.82, 2.24) is 19.9 Å². The number of aromatic amines is 1. The molecule has 0 aliphatic heterocycles. The molecule has 4 heterocycles. The van der Waals surface area contributed by atoms with Crippen LogP contribution in [0.15, 0.2) is 63.9 Å². The number of nitrogens with zero attached hydrogens (tertiary/aromatic N) is 4. The molecule has 0 radical (unpaired) electrons. The lowest BCUT2D eigenvalue weighted by Gasteiger charge is -2.09. The van der Waals surface area contributed by atoms with Crippen LogP contribution in [0.4, 0.5) is 0 Å². The Hall–Kier alpha value is -4.31. The highest BCUT2D eigenvalue weighted by Crippen LogP contribution is 2.32. The molecule has 7 heteroatoms. The quantitative estimate of drug-likeness (QED) is 0.497. The summed E-state index contributed by atoms with van der Waals surface area (Å²) in [4.78, 5) is 28.4. The van der Waals surface area contributed by atoms with Crippen molar-refractivity contribution in [2.24, 2.45) is 0 Å². The van der Waals surface area contributed by atoms with Gasteiger partial charge in [0.1, 0.15) is 34.3 Å². The Labute approximate surface area is 164 Å². The first-order valence-electron chi connectivity index (χ1n) is 8.89. The van der Waals surface area contributed by atoms with Gasteiger partial charge in [0, 0.05) is 17.1 Å². The van der Waals surface area contributed by atoms with Crippen molar-refractivity contribution in [1.29, 1.82) is 5.26 Å². The Bertz CT molecular complexity index is 1510. The van der Waals surface area contributed by atoms with E-state index in [2.05, 4.69) is 15.0 Å². The Morgan fingerprint density at radius 3 is 2.72 bits per heavy atom. The second-order valence-electron chi connectivity index (χ2n) is 6.60. The van der Waals surface area contributed by atoms with Crippen molar-refractivity contribution >= 4 is 22.1 Å². The van der Waals surface area contributed by atoms with Crippen molar-refractivity contribution in [2.75, 3.05) is 0 Å². The van der Waals surface area contributed by atoms with E-state index in [4.69, 9.17) is 9.40 Å². The molecule has 0 aliphatic carbocycles. The monoisotopic (exact) mass is 379 g/mol. The van der Waals surface area contributed by atoms with Gasteiger partial charge >= 0.3 is 0 Å². The summed E-state index contributed by atoms with van der Waals surface area (Å²) in [7, 11) is 0. The van der Waals surface area contributed by atoms with Crippen LogP contribution >= 0.6 is 0 Å². The van der Waals surface area contributed by atoms with Crippen LogP contribution in [0.3, 0.4) is 0 Å². The van der Waals surface area contributed by atoms with Gasteiger partial charge in [-0.1, -0.05) is 12.1 Å². The molecule has 5 aromatic rings. The molecule has 0 bridgehead atoms. The molecule has 1 aromatic carbocycles. The third-order valence-corrected chi connectivity index (χ3v) is 4.65. The maximum absolute atomic E-state index is 12.0. The van der Waals surface area contributed by atoms with E-state index in [0.29, 0.717) is 28.3 Å². The summed E-state index contributed by atoms with van der Waals surface area (Å²) in [5.41, 5.74) is 3.01. The van der Waals surface area contributed by atoms with Crippen LogP contribution in [0.1, 0.15) is 11.3 Å². The van der Waals surface area contributed by atoms with Gasteiger partial charge in [-0.25, -0.2) is 9.97 Å². The van der Waals surface area contributed by atoms with E-state index in [1.54, 1.807) is 6.20 Å². The van der Waals surface area contributed by atoms with Crippen LogP contribution in [-0.4, -0.2) is 19.9 Å². The molecule has 4 aromatic heterocycles. The summed E-state index contributed by atoms with van der Waals surface area (Å²) < 4.78 is 5.78. The number of hydrogen-bond acceptors (Lipinski definition) is 6. The number of H-pyrrole nitrogens is 1. The van der Waals surface area contributed by atoms with Gasteiger partial charge in [0.25, 0.3) is 5.56 Å². The van der Waals surface area contributed by atoms with Crippen LogP contribution < -0.4 is 5.56 Å². The number of aromatic nitrogens is 4. The van der Waals surface area contributed by atoms with Crippen molar-refractivity contribution in [3.63, 3.8) is 0 Å². The van der Waals surface area contributed by atoms with Crippen LogP contribution in [0.2, 0.25) is 0 Å². The minimum Gasteiger partial charge on any atom is -0.460 e. The van der Waals surface area contributed by atoms with Gasteiger partial charge in [0.15, 0.2) is 11.4 Å². The van der Waals surface area contributed by atoms with Gasteiger partial charge in [-0.3, -0.25) is 9.78 Å². The first-order chi connectivity index (χ1) is 14.1. The molecule has 0 unspecified atom stereocenters. The molecule has 138 valence electrons. The van der Waals surface area contributed by atoms with Gasteiger partial charge < -0.3 is 9.40 Å². The number of nitriles is 1. The number of rotatable bonds is 2. The molecule has 0 atom stereocenters. The second kappa shape index (κ2) is 6.39. The van der Waals surface area contributed by atoms with E-state index in [1.165, 1.54) is 6.07 Å². The molecule has 29 heavy (non-hydrogen) atoms. The number of nitrogens with one attached hydrogen (secondary N) is 1. The van der Waals surface area contributed by atoms with E-state index in [9.17, 15) is 10.1 Å². The predicted octanol–water partition coefficient (Wildman–Crippen LogP) is 3.97. The zero-order valence-electron chi connectivity index (χ0n) is 15.3. The smallest absolute Gasteiger partial charge is 0.267 e. The maximum Gasteiger partial charge on any atom is 0.267 e. The summed E-state index contributed by atoms with van der Waals surface area (Å²) in [6, 6.07) is 16.7. The summed E-state index contributed by atoms with van der Waals surface area (Å²) in [6.45, 7) is 1.85. The average molecular weight is 379 g/mol. The topological polar surface area (TPSA) is 108 Å². The summed E-state index contributed by atoms with van der Waals surface area (Å²) in [5, 5.41) is 10.1. The molecule has 1 N–H and O–H groups in total. The summed E-state index contributed by atoms with van der Waals surface area (Å²) >= 11 is 0.